The molecule has 0 saturated carbocycles. The van der Waals surface area contributed by atoms with Crippen molar-refractivity contribution in [3.8, 4) is 0 Å². The molecule has 26 heavy (non-hydrogen) atoms. The van der Waals surface area contributed by atoms with Crippen LogP contribution in [0.25, 0.3) is 0 Å². The maximum absolute atomic E-state index is 13.9. The number of rotatable bonds is 2. The number of hydrogen-bond acceptors (Lipinski definition) is 1. The van der Waals surface area contributed by atoms with Crippen molar-refractivity contribution in [1.82, 2.24) is 9.47 Å². The zero-order valence-electron chi connectivity index (χ0n) is 13.9. The van der Waals surface area contributed by atoms with Crippen molar-refractivity contribution < 1.29 is 9.18 Å². The fourth-order valence-corrected chi connectivity index (χ4v) is 3.61. The molecule has 0 saturated heterocycles. The lowest BCUT2D eigenvalue weighted by Crippen LogP contribution is -2.44. The Kier molecular flexibility index (Phi) is 4.51. The summed E-state index contributed by atoms with van der Waals surface area (Å²) in [7, 11) is 0. The SMILES string of the molecule is O=C(Nc1ccccc1F)N1CCn2cccc2[C@H]1c1ccc(Br)cc1. The van der Waals surface area contributed by atoms with E-state index in [-0.39, 0.29) is 17.8 Å². The Bertz CT molecular complexity index is 938. The molecule has 0 bridgehead atoms. The van der Waals surface area contributed by atoms with Crippen LogP contribution in [0, 0.1) is 5.82 Å². The summed E-state index contributed by atoms with van der Waals surface area (Å²) < 4.78 is 17.1. The lowest BCUT2D eigenvalue weighted by Gasteiger charge is -2.37. The number of benzene rings is 2. The van der Waals surface area contributed by atoms with Gasteiger partial charge in [-0.25, -0.2) is 9.18 Å². The largest absolute Gasteiger partial charge is 0.348 e. The maximum Gasteiger partial charge on any atom is 0.322 e. The molecule has 0 unspecified atom stereocenters. The van der Waals surface area contributed by atoms with Crippen LogP contribution in [0.3, 0.4) is 0 Å². The predicted octanol–water partition coefficient (Wildman–Crippen LogP) is 5.03. The normalized spacial score (nSPS) is 16.2. The Balaban J connectivity index is 1.68. The number of halogens is 2. The number of fused-ring (bicyclic) bond motifs is 1. The first-order valence-corrected chi connectivity index (χ1v) is 9.15. The summed E-state index contributed by atoms with van der Waals surface area (Å²) in [5.41, 5.74) is 2.24. The molecule has 0 radical (unpaired) electrons. The van der Waals surface area contributed by atoms with Gasteiger partial charge in [-0.2, -0.15) is 0 Å². The molecule has 1 aliphatic heterocycles. The number of hydrogen-bond donors (Lipinski definition) is 1. The maximum atomic E-state index is 13.9. The Hall–Kier alpha value is -2.60. The average Bonchev–Trinajstić information content (AvgIpc) is 3.12. The summed E-state index contributed by atoms with van der Waals surface area (Å²) in [6.07, 6.45) is 2.02. The first kappa shape index (κ1) is 16.8. The fraction of sp³-hybridized carbons (Fsp3) is 0.150. The summed E-state index contributed by atoms with van der Waals surface area (Å²) >= 11 is 3.45. The molecular formula is C20H17BrFN3O. The van der Waals surface area contributed by atoms with E-state index in [0.717, 1.165) is 15.7 Å². The van der Waals surface area contributed by atoms with Crippen LogP contribution < -0.4 is 5.32 Å². The molecule has 1 aromatic heterocycles. The Morgan fingerprint density at radius 3 is 2.58 bits per heavy atom. The number of para-hydroxylation sites is 1. The van der Waals surface area contributed by atoms with Crippen LogP contribution >= 0.6 is 15.9 Å². The summed E-state index contributed by atoms with van der Waals surface area (Å²) in [4.78, 5) is 14.7. The lowest BCUT2D eigenvalue weighted by molar-refractivity contribution is 0.181. The van der Waals surface area contributed by atoms with E-state index in [9.17, 15) is 9.18 Å². The standard InChI is InChI=1S/C20H17BrFN3O/c21-15-9-7-14(8-10-15)19-18-6-3-11-24(18)12-13-25(19)20(26)23-17-5-2-1-4-16(17)22/h1-11,19H,12-13H2,(H,23,26)/t19-/m1/s1. The van der Waals surface area contributed by atoms with Crippen molar-refractivity contribution in [3.63, 3.8) is 0 Å². The Labute approximate surface area is 159 Å². The lowest BCUT2D eigenvalue weighted by atomic mass is 10.0. The highest BCUT2D eigenvalue weighted by atomic mass is 79.9. The quantitative estimate of drug-likeness (QED) is 0.628. The second-order valence-electron chi connectivity index (χ2n) is 6.18. The highest BCUT2D eigenvalue weighted by Crippen LogP contribution is 2.33. The minimum absolute atomic E-state index is 0.188. The molecule has 0 aliphatic carbocycles. The smallest absolute Gasteiger partial charge is 0.322 e. The molecule has 2 amide bonds. The predicted molar refractivity (Wildman–Crippen MR) is 103 cm³/mol. The van der Waals surface area contributed by atoms with Gasteiger partial charge in [-0.05, 0) is 42.0 Å². The molecule has 1 N–H and O–H groups in total. The number of urea groups is 1. The topological polar surface area (TPSA) is 37.3 Å². The second-order valence-corrected chi connectivity index (χ2v) is 7.10. The zero-order chi connectivity index (χ0) is 18.1. The fourth-order valence-electron chi connectivity index (χ4n) is 3.35. The van der Waals surface area contributed by atoms with Crippen LogP contribution in [0.1, 0.15) is 17.3 Å². The van der Waals surface area contributed by atoms with Gasteiger partial charge in [-0.1, -0.05) is 40.2 Å². The molecule has 2 heterocycles. The first-order valence-electron chi connectivity index (χ1n) is 8.36. The number of nitrogens with one attached hydrogen (secondary N) is 1. The van der Waals surface area contributed by atoms with Crippen molar-refractivity contribution in [3.05, 3.63) is 88.4 Å². The van der Waals surface area contributed by atoms with Crippen molar-refractivity contribution >= 4 is 27.6 Å². The summed E-state index contributed by atoms with van der Waals surface area (Å²) in [6.45, 7) is 1.25. The minimum Gasteiger partial charge on any atom is -0.348 e. The van der Waals surface area contributed by atoms with Gasteiger partial charge in [0.25, 0.3) is 0 Å². The van der Waals surface area contributed by atoms with Gasteiger partial charge in [0.05, 0.1) is 11.7 Å². The van der Waals surface area contributed by atoms with Crippen molar-refractivity contribution in [2.24, 2.45) is 0 Å². The number of anilines is 1. The molecule has 2 aromatic carbocycles. The molecular weight excluding hydrogens is 397 g/mol. The summed E-state index contributed by atoms with van der Waals surface area (Å²) in [5, 5.41) is 2.71. The van der Waals surface area contributed by atoms with Gasteiger partial charge in [0.2, 0.25) is 0 Å². The van der Waals surface area contributed by atoms with E-state index in [2.05, 4.69) is 25.8 Å². The third kappa shape index (κ3) is 3.12. The van der Waals surface area contributed by atoms with Crippen molar-refractivity contribution in [2.45, 2.75) is 12.6 Å². The number of carbonyl (C=O) groups is 1. The molecule has 4 rings (SSSR count). The molecule has 3 aromatic rings. The van der Waals surface area contributed by atoms with Gasteiger partial charge in [0.1, 0.15) is 5.82 Å². The van der Waals surface area contributed by atoms with Gasteiger partial charge in [-0.3, -0.25) is 0 Å². The van der Waals surface area contributed by atoms with E-state index < -0.39 is 5.82 Å². The van der Waals surface area contributed by atoms with Crippen LogP contribution in [0.4, 0.5) is 14.9 Å². The second kappa shape index (κ2) is 6.96. The van der Waals surface area contributed by atoms with Crippen LogP contribution in [0.15, 0.2) is 71.3 Å². The van der Waals surface area contributed by atoms with Gasteiger partial charge in [0.15, 0.2) is 0 Å². The molecule has 6 heteroatoms. The highest BCUT2D eigenvalue weighted by Gasteiger charge is 2.32. The molecule has 0 fully saturated rings. The molecule has 0 spiro atoms. The van der Waals surface area contributed by atoms with Gasteiger partial charge >= 0.3 is 6.03 Å². The third-order valence-corrected chi connectivity index (χ3v) is 5.13. The molecule has 4 nitrogen and oxygen atoms in total. The average molecular weight is 414 g/mol. The first-order chi connectivity index (χ1) is 12.6. The van der Waals surface area contributed by atoms with Crippen LogP contribution in [0.2, 0.25) is 0 Å². The monoisotopic (exact) mass is 413 g/mol. The highest BCUT2D eigenvalue weighted by molar-refractivity contribution is 9.10. The molecule has 1 atom stereocenters. The van der Waals surface area contributed by atoms with Crippen molar-refractivity contribution in [2.75, 3.05) is 11.9 Å². The van der Waals surface area contributed by atoms with E-state index in [4.69, 9.17) is 0 Å². The van der Waals surface area contributed by atoms with Gasteiger partial charge in [-0.15, -0.1) is 0 Å². The van der Waals surface area contributed by atoms with Gasteiger partial charge < -0.3 is 14.8 Å². The number of aromatic nitrogens is 1. The zero-order valence-corrected chi connectivity index (χ0v) is 15.5. The number of carbonyl (C=O) groups excluding carboxylic acids is 1. The summed E-state index contributed by atoms with van der Waals surface area (Å²) in [6, 6.07) is 17.6. The van der Waals surface area contributed by atoms with E-state index in [1.54, 1.807) is 23.1 Å². The molecule has 1 aliphatic rings. The van der Waals surface area contributed by atoms with Gasteiger partial charge in [0, 0.05) is 29.5 Å². The molecule has 132 valence electrons. The van der Waals surface area contributed by atoms with Crippen LogP contribution in [-0.2, 0) is 6.54 Å². The Morgan fingerprint density at radius 2 is 1.81 bits per heavy atom. The minimum atomic E-state index is -0.443. The van der Waals surface area contributed by atoms with Crippen molar-refractivity contribution in [1.29, 1.82) is 0 Å². The summed E-state index contributed by atoms with van der Waals surface area (Å²) in [5.74, 6) is -0.443. The number of amides is 2. The van der Waals surface area contributed by atoms with Crippen LogP contribution in [-0.4, -0.2) is 22.0 Å². The van der Waals surface area contributed by atoms with Crippen LogP contribution in [0.5, 0.6) is 0 Å². The Morgan fingerprint density at radius 1 is 1.04 bits per heavy atom. The number of nitrogens with zero attached hydrogens (tertiary/aromatic N) is 2. The third-order valence-electron chi connectivity index (χ3n) is 4.60. The van der Waals surface area contributed by atoms with E-state index in [0.29, 0.717) is 13.1 Å². The van der Waals surface area contributed by atoms with E-state index in [1.807, 2.05) is 42.6 Å². The van der Waals surface area contributed by atoms with E-state index >= 15 is 0 Å². The van der Waals surface area contributed by atoms with E-state index in [1.165, 1.54) is 6.07 Å².